The first-order valence-corrected chi connectivity index (χ1v) is 6.14. The van der Waals surface area contributed by atoms with Gasteiger partial charge < -0.3 is 19.0 Å². The Balaban J connectivity index is 2.19. The fourth-order valence-corrected chi connectivity index (χ4v) is 1.47. The Kier molecular flexibility index (Phi) is 7.54. The zero-order chi connectivity index (χ0) is 13.9. The van der Waals surface area contributed by atoms with E-state index < -0.39 is 0 Å². The Morgan fingerprint density at radius 1 is 1.16 bits per heavy atom. The summed E-state index contributed by atoms with van der Waals surface area (Å²) in [4.78, 5) is 10.5. The molecule has 104 valence electrons. The van der Waals surface area contributed by atoms with E-state index in [1.165, 1.54) is 7.11 Å². The minimum absolute atomic E-state index is 0.363. The standard InChI is InChI=1S/C15H20O4/c1-17-14-8-6-13(7-9-14)12-19-10-4-3-5-15(11-16)18-2/h3-4,6-9,11,15H,5,10,12H2,1-2H3/b4-3-/t15-/m1/s1. The molecular weight excluding hydrogens is 244 g/mol. The summed E-state index contributed by atoms with van der Waals surface area (Å²) >= 11 is 0. The van der Waals surface area contributed by atoms with Gasteiger partial charge in [-0.25, -0.2) is 0 Å². The summed E-state index contributed by atoms with van der Waals surface area (Å²) in [6.45, 7) is 1.07. The van der Waals surface area contributed by atoms with Crippen LogP contribution in [0.15, 0.2) is 36.4 Å². The Labute approximate surface area is 114 Å². The van der Waals surface area contributed by atoms with Gasteiger partial charge in [-0.15, -0.1) is 0 Å². The summed E-state index contributed by atoms with van der Waals surface area (Å²) in [5, 5.41) is 0. The Hall–Kier alpha value is -1.65. The molecule has 0 aliphatic heterocycles. The maximum Gasteiger partial charge on any atom is 0.149 e. The van der Waals surface area contributed by atoms with Crippen molar-refractivity contribution in [2.75, 3.05) is 20.8 Å². The van der Waals surface area contributed by atoms with Crippen molar-refractivity contribution in [3.05, 3.63) is 42.0 Å². The smallest absolute Gasteiger partial charge is 0.149 e. The maximum atomic E-state index is 10.5. The number of hydrogen-bond donors (Lipinski definition) is 0. The lowest BCUT2D eigenvalue weighted by molar-refractivity contribution is -0.116. The Morgan fingerprint density at radius 2 is 1.89 bits per heavy atom. The largest absolute Gasteiger partial charge is 0.497 e. The average Bonchev–Trinajstić information content (AvgIpc) is 2.47. The van der Waals surface area contributed by atoms with Crippen molar-refractivity contribution in [1.29, 1.82) is 0 Å². The summed E-state index contributed by atoms with van der Waals surface area (Å²) < 4.78 is 15.5. The van der Waals surface area contributed by atoms with Gasteiger partial charge in [0, 0.05) is 7.11 Å². The zero-order valence-electron chi connectivity index (χ0n) is 11.4. The van der Waals surface area contributed by atoms with Gasteiger partial charge in [-0.1, -0.05) is 24.3 Å². The number of carbonyl (C=O) groups excluding carboxylic acids is 1. The van der Waals surface area contributed by atoms with Crippen molar-refractivity contribution >= 4 is 6.29 Å². The van der Waals surface area contributed by atoms with Crippen LogP contribution in [0.5, 0.6) is 5.75 Å². The summed E-state index contributed by atoms with van der Waals surface area (Å²) in [6.07, 6.45) is 4.78. The SMILES string of the molecule is COc1ccc(COC/C=C\C[C@H](C=O)OC)cc1. The van der Waals surface area contributed by atoms with Crippen molar-refractivity contribution in [2.24, 2.45) is 0 Å². The third-order valence-corrected chi connectivity index (χ3v) is 2.63. The van der Waals surface area contributed by atoms with E-state index in [9.17, 15) is 4.79 Å². The Bertz CT molecular complexity index is 384. The third kappa shape index (κ3) is 6.18. The molecule has 0 amide bonds. The molecule has 0 unspecified atom stereocenters. The number of methoxy groups -OCH3 is 2. The van der Waals surface area contributed by atoms with Crippen LogP contribution in [0.4, 0.5) is 0 Å². The van der Waals surface area contributed by atoms with E-state index in [-0.39, 0.29) is 6.10 Å². The van der Waals surface area contributed by atoms with Crippen LogP contribution < -0.4 is 4.74 Å². The second-order valence-electron chi connectivity index (χ2n) is 3.98. The van der Waals surface area contributed by atoms with E-state index in [0.29, 0.717) is 19.6 Å². The Morgan fingerprint density at radius 3 is 2.47 bits per heavy atom. The van der Waals surface area contributed by atoms with E-state index in [1.807, 2.05) is 36.4 Å². The third-order valence-electron chi connectivity index (χ3n) is 2.63. The lowest BCUT2D eigenvalue weighted by Crippen LogP contribution is -2.10. The first-order chi connectivity index (χ1) is 9.30. The summed E-state index contributed by atoms with van der Waals surface area (Å²) in [5.74, 6) is 0.836. The minimum Gasteiger partial charge on any atom is -0.497 e. The number of carbonyl (C=O) groups is 1. The molecule has 0 fully saturated rings. The molecule has 1 aromatic rings. The molecule has 1 atom stereocenters. The molecule has 0 aliphatic rings. The van der Waals surface area contributed by atoms with Gasteiger partial charge in [0.1, 0.15) is 18.1 Å². The van der Waals surface area contributed by atoms with Gasteiger partial charge in [0.2, 0.25) is 0 Å². The van der Waals surface area contributed by atoms with E-state index in [1.54, 1.807) is 7.11 Å². The monoisotopic (exact) mass is 264 g/mol. The fraction of sp³-hybridized carbons (Fsp3) is 0.400. The molecule has 0 N–H and O–H groups in total. The van der Waals surface area contributed by atoms with Crippen molar-refractivity contribution < 1.29 is 19.0 Å². The summed E-state index contributed by atoms with van der Waals surface area (Å²) in [6, 6.07) is 7.75. The number of aldehydes is 1. The maximum absolute atomic E-state index is 10.5. The molecule has 0 saturated heterocycles. The van der Waals surface area contributed by atoms with E-state index in [4.69, 9.17) is 14.2 Å². The second kappa shape index (κ2) is 9.30. The molecule has 0 aliphatic carbocycles. The molecule has 4 heteroatoms. The van der Waals surface area contributed by atoms with Crippen LogP contribution in [0.25, 0.3) is 0 Å². The number of ether oxygens (including phenoxy) is 3. The van der Waals surface area contributed by atoms with Gasteiger partial charge >= 0.3 is 0 Å². The van der Waals surface area contributed by atoms with Gasteiger partial charge in [0.05, 0.1) is 20.3 Å². The average molecular weight is 264 g/mol. The number of benzene rings is 1. The molecule has 0 aromatic heterocycles. The summed E-state index contributed by atoms with van der Waals surface area (Å²) in [7, 11) is 3.16. The van der Waals surface area contributed by atoms with Crippen molar-refractivity contribution in [3.63, 3.8) is 0 Å². The molecule has 0 bridgehead atoms. The van der Waals surface area contributed by atoms with Gasteiger partial charge in [-0.3, -0.25) is 0 Å². The molecule has 0 saturated carbocycles. The predicted octanol–water partition coefficient (Wildman–Crippen LogP) is 2.37. The van der Waals surface area contributed by atoms with Crippen LogP contribution in [0.3, 0.4) is 0 Å². The quantitative estimate of drug-likeness (QED) is 0.390. The van der Waals surface area contributed by atoms with Gasteiger partial charge in [-0.2, -0.15) is 0 Å². The predicted molar refractivity (Wildman–Crippen MR) is 73.3 cm³/mol. The van der Waals surface area contributed by atoms with Crippen molar-refractivity contribution in [3.8, 4) is 5.75 Å². The first-order valence-electron chi connectivity index (χ1n) is 6.14. The molecular formula is C15H20O4. The normalized spacial score (nSPS) is 12.5. The van der Waals surface area contributed by atoms with E-state index in [2.05, 4.69) is 0 Å². The topological polar surface area (TPSA) is 44.8 Å². The van der Waals surface area contributed by atoms with Crippen LogP contribution >= 0.6 is 0 Å². The number of hydrogen-bond acceptors (Lipinski definition) is 4. The van der Waals surface area contributed by atoms with E-state index >= 15 is 0 Å². The highest BCUT2D eigenvalue weighted by atomic mass is 16.5. The molecule has 0 radical (unpaired) electrons. The van der Waals surface area contributed by atoms with Crippen LogP contribution in [-0.2, 0) is 20.9 Å². The van der Waals surface area contributed by atoms with Crippen molar-refractivity contribution in [1.82, 2.24) is 0 Å². The lowest BCUT2D eigenvalue weighted by Gasteiger charge is -2.04. The van der Waals surface area contributed by atoms with E-state index in [0.717, 1.165) is 17.6 Å². The van der Waals surface area contributed by atoms with Gasteiger partial charge in [0.25, 0.3) is 0 Å². The highest BCUT2D eigenvalue weighted by Gasteiger charge is 2.00. The van der Waals surface area contributed by atoms with Crippen LogP contribution in [0.2, 0.25) is 0 Å². The molecule has 19 heavy (non-hydrogen) atoms. The molecule has 4 nitrogen and oxygen atoms in total. The highest BCUT2D eigenvalue weighted by molar-refractivity contribution is 5.56. The van der Waals surface area contributed by atoms with Gasteiger partial charge in [-0.05, 0) is 24.1 Å². The highest BCUT2D eigenvalue weighted by Crippen LogP contribution is 2.11. The van der Waals surface area contributed by atoms with Gasteiger partial charge in [0.15, 0.2) is 0 Å². The molecule has 0 spiro atoms. The zero-order valence-corrected chi connectivity index (χ0v) is 11.4. The second-order valence-corrected chi connectivity index (χ2v) is 3.98. The fourth-order valence-electron chi connectivity index (χ4n) is 1.47. The summed E-state index contributed by atoms with van der Waals surface area (Å²) in [5.41, 5.74) is 1.09. The molecule has 1 aromatic carbocycles. The van der Waals surface area contributed by atoms with Crippen LogP contribution in [0, 0.1) is 0 Å². The molecule has 1 rings (SSSR count). The van der Waals surface area contributed by atoms with Crippen molar-refractivity contribution in [2.45, 2.75) is 19.1 Å². The first kappa shape index (κ1) is 15.4. The number of rotatable bonds is 9. The lowest BCUT2D eigenvalue weighted by atomic mass is 10.2. The van der Waals surface area contributed by atoms with Crippen LogP contribution in [0.1, 0.15) is 12.0 Å². The van der Waals surface area contributed by atoms with Crippen LogP contribution in [-0.4, -0.2) is 33.2 Å². The minimum atomic E-state index is -0.363. The molecule has 0 heterocycles.